The van der Waals surface area contributed by atoms with E-state index < -0.39 is 0 Å². The van der Waals surface area contributed by atoms with Crippen molar-refractivity contribution in [1.29, 1.82) is 0 Å². The molecule has 35 heavy (non-hydrogen) atoms. The molecule has 1 aliphatic rings. The fourth-order valence-corrected chi connectivity index (χ4v) is 5.19. The summed E-state index contributed by atoms with van der Waals surface area (Å²) in [6, 6.07) is 25.9. The minimum Gasteiger partial charge on any atom is -0.326 e. The van der Waals surface area contributed by atoms with Gasteiger partial charge in [-0.3, -0.25) is 9.69 Å². The van der Waals surface area contributed by atoms with Crippen molar-refractivity contribution in [3.8, 4) is 5.69 Å². The number of piperidine rings is 1. The van der Waals surface area contributed by atoms with Crippen LogP contribution in [0.2, 0.25) is 0 Å². The average molecular weight is 466 g/mol. The molecular formula is C31H35N3O. The number of nitrogens with zero attached hydrogens (tertiary/aromatic N) is 2. The maximum absolute atomic E-state index is 12.1. The lowest BCUT2D eigenvalue weighted by molar-refractivity contribution is -0.118. The predicted octanol–water partition coefficient (Wildman–Crippen LogP) is 6.91. The van der Waals surface area contributed by atoms with Gasteiger partial charge in [0.15, 0.2) is 0 Å². The zero-order chi connectivity index (χ0) is 24.4. The molecule has 0 atom stereocenters. The summed E-state index contributed by atoms with van der Waals surface area (Å²) in [5.41, 5.74) is 7.39. The number of rotatable bonds is 6. The number of nitrogens with one attached hydrogen (secondary N) is 1. The Morgan fingerprint density at radius 2 is 1.74 bits per heavy atom. The fourth-order valence-electron chi connectivity index (χ4n) is 5.19. The summed E-state index contributed by atoms with van der Waals surface area (Å²) in [6.07, 6.45) is 4.60. The largest absolute Gasteiger partial charge is 0.326 e. The lowest BCUT2D eigenvalue weighted by Gasteiger charge is -2.32. The number of fused-ring (bicyclic) bond motifs is 1. The Morgan fingerprint density at radius 1 is 0.971 bits per heavy atom. The van der Waals surface area contributed by atoms with Gasteiger partial charge in [0.1, 0.15) is 0 Å². The zero-order valence-corrected chi connectivity index (χ0v) is 21.0. The molecule has 1 fully saturated rings. The second-order valence-electron chi connectivity index (χ2n) is 10.2. The molecule has 1 N–H and O–H groups in total. The molecule has 0 spiro atoms. The molecule has 5 rings (SSSR count). The van der Waals surface area contributed by atoms with E-state index in [1.165, 1.54) is 33.3 Å². The van der Waals surface area contributed by atoms with Crippen molar-refractivity contribution in [2.24, 2.45) is 5.92 Å². The van der Waals surface area contributed by atoms with E-state index in [-0.39, 0.29) is 11.8 Å². The van der Waals surface area contributed by atoms with Crippen LogP contribution >= 0.6 is 0 Å². The molecule has 0 bridgehead atoms. The van der Waals surface area contributed by atoms with Crippen LogP contribution in [0.1, 0.15) is 49.3 Å². The zero-order valence-electron chi connectivity index (χ0n) is 21.0. The highest BCUT2D eigenvalue weighted by molar-refractivity contribution is 5.92. The SMILES string of the molecule is Cc1cccc(-n2cc(CN3CCC(c4cccc(NC(=O)C(C)C)c4)CC3)c3ccccc32)c1. The van der Waals surface area contributed by atoms with Crippen molar-refractivity contribution in [2.75, 3.05) is 18.4 Å². The number of hydrogen-bond donors (Lipinski definition) is 1. The van der Waals surface area contributed by atoms with Crippen molar-refractivity contribution >= 4 is 22.5 Å². The first-order chi connectivity index (χ1) is 17.0. The average Bonchev–Trinajstić information content (AvgIpc) is 3.23. The monoisotopic (exact) mass is 465 g/mol. The van der Waals surface area contributed by atoms with E-state index in [0.717, 1.165) is 38.2 Å². The van der Waals surface area contributed by atoms with Gasteiger partial charge >= 0.3 is 0 Å². The number of carbonyl (C=O) groups is 1. The van der Waals surface area contributed by atoms with Crippen LogP contribution < -0.4 is 5.32 Å². The molecule has 1 aliphatic heterocycles. The van der Waals surface area contributed by atoms with Crippen molar-refractivity contribution in [3.05, 3.63) is 95.7 Å². The van der Waals surface area contributed by atoms with Crippen LogP contribution in [0, 0.1) is 12.8 Å². The summed E-state index contributed by atoms with van der Waals surface area (Å²) < 4.78 is 2.33. The van der Waals surface area contributed by atoms with Crippen LogP contribution in [0.25, 0.3) is 16.6 Å². The van der Waals surface area contributed by atoms with E-state index in [1.807, 2.05) is 19.9 Å². The quantitative estimate of drug-likeness (QED) is 0.336. The second kappa shape index (κ2) is 10.1. The van der Waals surface area contributed by atoms with Gasteiger partial charge in [0.05, 0.1) is 5.52 Å². The van der Waals surface area contributed by atoms with Gasteiger partial charge in [-0.05, 0) is 85.8 Å². The number of anilines is 1. The number of aromatic nitrogens is 1. The van der Waals surface area contributed by atoms with E-state index in [0.29, 0.717) is 5.92 Å². The summed E-state index contributed by atoms with van der Waals surface area (Å²) in [7, 11) is 0. The number of hydrogen-bond acceptors (Lipinski definition) is 2. The molecule has 2 heterocycles. The summed E-state index contributed by atoms with van der Waals surface area (Å²) in [5, 5.41) is 4.38. The maximum Gasteiger partial charge on any atom is 0.226 e. The van der Waals surface area contributed by atoms with Gasteiger partial charge < -0.3 is 9.88 Å². The molecule has 1 aromatic heterocycles. The summed E-state index contributed by atoms with van der Waals surface area (Å²) in [5.74, 6) is 0.594. The molecule has 1 amide bonds. The van der Waals surface area contributed by atoms with Crippen LogP contribution in [-0.2, 0) is 11.3 Å². The number of aryl methyl sites for hydroxylation is 1. The fraction of sp³-hybridized carbons (Fsp3) is 0.323. The Morgan fingerprint density at radius 3 is 2.51 bits per heavy atom. The summed E-state index contributed by atoms with van der Waals surface area (Å²) >= 11 is 0. The molecule has 4 heteroatoms. The molecule has 0 unspecified atom stereocenters. The number of likely N-dealkylation sites (tertiary alicyclic amines) is 1. The number of benzene rings is 3. The summed E-state index contributed by atoms with van der Waals surface area (Å²) in [6.45, 7) is 9.12. The van der Waals surface area contributed by atoms with E-state index in [9.17, 15) is 4.79 Å². The molecule has 0 radical (unpaired) electrons. The van der Waals surface area contributed by atoms with Gasteiger partial charge in [-0.2, -0.15) is 0 Å². The normalized spacial score (nSPS) is 15.1. The van der Waals surface area contributed by atoms with Crippen LogP contribution in [0.5, 0.6) is 0 Å². The molecular weight excluding hydrogens is 430 g/mol. The smallest absolute Gasteiger partial charge is 0.226 e. The molecule has 1 saturated heterocycles. The Hall–Kier alpha value is -3.37. The number of amides is 1. The van der Waals surface area contributed by atoms with Crippen LogP contribution in [0.3, 0.4) is 0 Å². The van der Waals surface area contributed by atoms with Gasteiger partial charge in [-0.25, -0.2) is 0 Å². The topological polar surface area (TPSA) is 37.3 Å². The maximum atomic E-state index is 12.1. The minimum atomic E-state index is -0.0150. The third kappa shape index (κ3) is 5.18. The molecule has 180 valence electrons. The lowest BCUT2D eigenvalue weighted by Crippen LogP contribution is -2.32. The Kier molecular flexibility index (Phi) is 6.74. The third-order valence-corrected chi connectivity index (χ3v) is 7.21. The van der Waals surface area contributed by atoms with Gasteiger partial charge in [0, 0.05) is 35.4 Å². The van der Waals surface area contributed by atoms with E-state index in [1.54, 1.807) is 0 Å². The van der Waals surface area contributed by atoms with Crippen LogP contribution in [-0.4, -0.2) is 28.5 Å². The highest BCUT2D eigenvalue weighted by atomic mass is 16.1. The molecule has 0 aliphatic carbocycles. The predicted molar refractivity (Wildman–Crippen MR) is 145 cm³/mol. The van der Waals surface area contributed by atoms with Gasteiger partial charge in [-0.15, -0.1) is 0 Å². The molecule has 0 saturated carbocycles. The van der Waals surface area contributed by atoms with Crippen LogP contribution in [0.15, 0.2) is 79.0 Å². The lowest BCUT2D eigenvalue weighted by atomic mass is 9.89. The first kappa shape index (κ1) is 23.4. The van der Waals surface area contributed by atoms with Crippen LogP contribution in [0.4, 0.5) is 5.69 Å². The highest BCUT2D eigenvalue weighted by Gasteiger charge is 2.22. The van der Waals surface area contributed by atoms with Crippen molar-refractivity contribution in [2.45, 2.75) is 46.1 Å². The van der Waals surface area contributed by atoms with E-state index >= 15 is 0 Å². The Balaban J connectivity index is 1.29. The standard InChI is InChI=1S/C31H35N3O/c1-22(2)31(35)32-27-10-7-9-25(19-27)24-14-16-33(17-15-24)20-26-21-34(28-11-6-8-23(3)18-28)30-13-5-4-12-29(26)30/h4-13,18-19,21-22,24H,14-17,20H2,1-3H3,(H,32,35). The van der Waals surface area contributed by atoms with E-state index in [2.05, 4.69) is 94.6 Å². The first-order valence-electron chi connectivity index (χ1n) is 12.8. The molecule has 4 nitrogen and oxygen atoms in total. The molecule has 3 aromatic carbocycles. The molecule has 4 aromatic rings. The highest BCUT2D eigenvalue weighted by Crippen LogP contribution is 2.32. The van der Waals surface area contributed by atoms with Gasteiger partial charge in [-0.1, -0.05) is 56.3 Å². The van der Waals surface area contributed by atoms with Crippen molar-refractivity contribution in [3.63, 3.8) is 0 Å². The van der Waals surface area contributed by atoms with Gasteiger partial charge in [0.25, 0.3) is 0 Å². The van der Waals surface area contributed by atoms with Gasteiger partial charge in [0.2, 0.25) is 5.91 Å². The minimum absolute atomic E-state index is 0.0150. The third-order valence-electron chi connectivity index (χ3n) is 7.21. The Labute approximate surface area is 208 Å². The second-order valence-corrected chi connectivity index (χ2v) is 10.2. The number of carbonyl (C=O) groups excluding carboxylic acids is 1. The van der Waals surface area contributed by atoms with E-state index in [4.69, 9.17) is 0 Å². The van der Waals surface area contributed by atoms with Crippen molar-refractivity contribution in [1.82, 2.24) is 9.47 Å². The number of para-hydroxylation sites is 1. The van der Waals surface area contributed by atoms with Crippen molar-refractivity contribution < 1.29 is 4.79 Å². The Bertz CT molecular complexity index is 1330. The summed E-state index contributed by atoms with van der Waals surface area (Å²) in [4.78, 5) is 14.7. The first-order valence-corrected chi connectivity index (χ1v) is 12.8.